The summed E-state index contributed by atoms with van der Waals surface area (Å²) in [6.45, 7) is 7.41. The van der Waals surface area contributed by atoms with Crippen molar-refractivity contribution in [2.24, 2.45) is 5.92 Å². The van der Waals surface area contributed by atoms with E-state index in [0.717, 1.165) is 35.1 Å². The fourth-order valence-corrected chi connectivity index (χ4v) is 4.74. The molecule has 1 aromatic carbocycles. The predicted octanol–water partition coefficient (Wildman–Crippen LogP) is 5.98. The standard InChI is InChI=1S/C24H27ClN8O.3C2HF3O2/c1-13(2)24(34)32-15-6-8-33(10-15)21-17(9-18(25)16-5-4-7-26-19(16)21)14(3)31-23-20-22(28-11-27-20)29-12-30-23;3*3-2(4,5)1(6)7/h4-5,7,9,11-15H,6,8,10H2,1-3H3,(H,32,34)(H2,27,28,29,30,31);3*(H,6,7)/t14?,15-;;;/m0.../s1. The number of carboxylic acids is 3. The third-order valence-corrected chi connectivity index (χ3v) is 7.30. The molecular formula is C30H30ClF9N8O7. The second-order valence-corrected chi connectivity index (χ2v) is 11.8. The molecule has 1 fully saturated rings. The molecule has 0 spiro atoms. The number of fused-ring (bicyclic) bond motifs is 2. The van der Waals surface area contributed by atoms with Gasteiger partial charge in [-0.15, -0.1) is 0 Å². The number of hydrogen-bond acceptors (Lipinski definition) is 10. The van der Waals surface area contributed by atoms with Gasteiger partial charge >= 0.3 is 36.4 Å². The first kappa shape index (κ1) is 45.5. The Morgan fingerprint density at radius 2 is 1.42 bits per heavy atom. The highest BCUT2D eigenvalue weighted by Gasteiger charge is 2.39. The van der Waals surface area contributed by atoms with Gasteiger partial charge in [-0.2, -0.15) is 39.5 Å². The zero-order valence-corrected chi connectivity index (χ0v) is 29.1. The number of nitrogens with one attached hydrogen (secondary N) is 3. The zero-order valence-electron chi connectivity index (χ0n) is 28.3. The molecule has 25 heteroatoms. The number of alkyl halides is 9. The van der Waals surface area contributed by atoms with E-state index in [1.54, 1.807) is 12.5 Å². The minimum atomic E-state index is -5.08. The van der Waals surface area contributed by atoms with Crippen molar-refractivity contribution in [3.63, 3.8) is 0 Å². The minimum Gasteiger partial charge on any atom is -0.475 e. The Labute approximate surface area is 307 Å². The molecule has 1 saturated heterocycles. The Bertz CT molecular complexity index is 1920. The Hall–Kier alpha value is -5.68. The summed E-state index contributed by atoms with van der Waals surface area (Å²) in [4.78, 5) is 62.0. The summed E-state index contributed by atoms with van der Waals surface area (Å²) in [7, 11) is 0. The van der Waals surface area contributed by atoms with Gasteiger partial charge in [0.05, 0.1) is 28.6 Å². The molecule has 4 aromatic rings. The number of imidazole rings is 1. The van der Waals surface area contributed by atoms with Crippen LogP contribution in [0.3, 0.4) is 0 Å². The number of amides is 1. The number of nitrogens with zero attached hydrogens (tertiary/aromatic N) is 5. The fourth-order valence-electron chi connectivity index (χ4n) is 4.47. The molecule has 0 radical (unpaired) electrons. The molecule has 1 amide bonds. The number of anilines is 2. The number of pyridine rings is 1. The first-order chi connectivity index (χ1) is 25.2. The summed E-state index contributed by atoms with van der Waals surface area (Å²) >= 11 is 6.71. The maximum absolute atomic E-state index is 12.3. The molecule has 4 heterocycles. The first-order valence-corrected chi connectivity index (χ1v) is 15.6. The summed E-state index contributed by atoms with van der Waals surface area (Å²) in [5.41, 5.74) is 4.23. The molecule has 3 aromatic heterocycles. The second kappa shape index (κ2) is 18.6. The molecule has 0 saturated carbocycles. The number of carbonyl (C=O) groups excluding carboxylic acids is 1. The Kier molecular flexibility index (Phi) is 15.4. The molecule has 1 aliphatic rings. The Morgan fingerprint density at radius 1 is 0.873 bits per heavy atom. The molecule has 0 aliphatic carbocycles. The molecule has 1 unspecified atom stereocenters. The van der Waals surface area contributed by atoms with Crippen LogP contribution < -0.4 is 15.5 Å². The predicted molar refractivity (Wildman–Crippen MR) is 175 cm³/mol. The van der Waals surface area contributed by atoms with Crippen molar-refractivity contribution >= 4 is 69.0 Å². The lowest BCUT2D eigenvalue weighted by Gasteiger charge is -2.27. The fraction of sp³-hybridized carbons (Fsp3) is 0.400. The number of aromatic nitrogens is 5. The minimum absolute atomic E-state index is 0.0430. The van der Waals surface area contributed by atoms with Crippen LogP contribution in [-0.2, 0) is 19.2 Å². The van der Waals surface area contributed by atoms with E-state index in [9.17, 15) is 44.3 Å². The number of benzene rings is 1. The topological polar surface area (TPSA) is 224 Å². The Balaban J connectivity index is 0.000000408. The van der Waals surface area contributed by atoms with Gasteiger partial charge < -0.3 is 35.8 Å². The third kappa shape index (κ3) is 13.3. The van der Waals surface area contributed by atoms with Gasteiger partial charge in [-0.25, -0.2) is 29.3 Å². The normalized spacial score (nSPS) is 14.8. The molecule has 6 N–H and O–H groups in total. The van der Waals surface area contributed by atoms with Crippen LogP contribution in [0.2, 0.25) is 5.02 Å². The number of rotatable bonds is 6. The molecule has 1 aliphatic heterocycles. The van der Waals surface area contributed by atoms with E-state index in [1.807, 2.05) is 32.0 Å². The maximum Gasteiger partial charge on any atom is 0.490 e. The first-order valence-electron chi connectivity index (χ1n) is 15.2. The molecule has 15 nitrogen and oxygen atoms in total. The van der Waals surface area contributed by atoms with Gasteiger partial charge in [0.15, 0.2) is 11.5 Å². The van der Waals surface area contributed by atoms with Crippen LogP contribution in [0.4, 0.5) is 51.0 Å². The van der Waals surface area contributed by atoms with E-state index in [-0.39, 0.29) is 23.9 Å². The van der Waals surface area contributed by atoms with Gasteiger partial charge in [0.2, 0.25) is 5.91 Å². The second-order valence-electron chi connectivity index (χ2n) is 11.4. The molecule has 2 atom stereocenters. The van der Waals surface area contributed by atoms with Crippen LogP contribution in [0.5, 0.6) is 0 Å². The van der Waals surface area contributed by atoms with E-state index in [1.165, 1.54) is 6.33 Å². The van der Waals surface area contributed by atoms with Crippen LogP contribution in [0.25, 0.3) is 22.1 Å². The Morgan fingerprint density at radius 3 is 1.93 bits per heavy atom. The van der Waals surface area contributed by atoms with E-state index < -0.39 is 36.4 Å². The maximum atomic E-state index is 12.3. The lowest BCUT2D eigenvalue weighted by atomic mass is 10.0. The number of aromatic amines is 1. The van der Waals surface area contributed by atoms with Crippen LogP contribution in [0.15, 0.2) is 37.1 Å². The number of hydrogen-bond donors (Lipinski definition) is 6. The van der Waals surface area contributed by atoms with Crippen molar-refractivity contribution in [1.29, 1.82) is 0 Å². The lowest BCUT2D eigenvalue weighted by molar-refractivity contribution is -0.193. The molecule has 55 heavy (non-hydrogen) atoms. The lowest BCUT2D eigenvalue weighted by Crippen LogP contribution is -2.39. The summed E-state index contributed by atoms with van der Waals surface area (Å²) in [6, 6.07) is 5.83. The van der Waals surface area contributed by atoms with Gasteiger partial charge in [0.25, 0.3) is 0 Å². The smallest absolute Gasteiger partial charge is 0.475 e. The van der Waals surface area contributed by atoms with Gasteiger partial charge in [0.1, 0.15) is 11.8 Å². The number of halogens is 10. The van der Waals surface area contributed by atoms with Gasteiger partial charge in [-0.3, -0.25) is 9.78 Å². The van der Waals surface area contributed by atoms with E-state index in [2.05, 4.69) is 42.4 Å². The average Bonchev–Trinajstić information content (AvgIpc) is 3.75. The SMILES string of the molecule is CC(C)C(=O)N[C@H]1CCN(c2c(C(C)Nc3ncnc4[nH]cnc34)cc(Cl)c3cccnc23)C1.O=C(O)C(F)(F)F.O=C(O)C(F)(F)F.O=C(O)C(F)(F)F. The average molecular weight is 821 g/mol. The summed E-state index contributed by atoms with van der Waals surface area (Å²) < 4.78 is 95.2. The number of aliphatic carboxylic acids is 3. The van der Waals surface area contributed by atoms with Gasteiger partial charge in [-0.1, -0.05) is 25.4 Å². The van der Waals surface area contributed by atoms with E-state index >= 15 is 0 Å². The highest BCUT2D eigenvalue weighted by molar-refractivity contribution is 6.36. The van der Waals surface area contributed by atoms with Crippen molar-refractivity contribution < 1.29 is 74.0 Å². The molecule has 5 rings (SSSR count). The highest BCUT2D eigenvalue weighted by atomic mass is 35.5. The van der Waals surface area contributed by atoms with Crippen molar-refractivity contribution in [2.45, 2.75) is 57.8 Å². The van der Waals surface area contributed by atoms with Crippen LogP contribution in [0.1, 0.15) is 38.8 Å². The zero-order chi connectivity index (χ0) is 42.1. The number of carbonyl (C=O) groups is 4. The quantitative estimate of drug-likeness (QED) is 0.123. The van der Waals surface area contributed by atoms with Crippen LogP contribution in [-0.4, -0.2) is 102 Å². The number of H-pyrrole nitrogens is 1. The van der Waals surface area contributed by atoms with Crippen LogP contribution >= 0.6 is 11.6 Å². The molecule has 0 bridgehead atoms. The molecule has 302 valence electrons. The van der Waals surface area contributed by atoms with Crippen LogP contribution in [0, 0.1) is 5.92 Å². The molecular weight excluding hydrogens is 791 g/mol. The van der Waals surface area contributed by atoms with Crippen molar-refractivity contribution in [3.8, 4) is 0 Å². The van der Waals surface area contributed by atoms with Gasteiger partial charge in [-0.05, 0) is 31.5 Å². The largest absolute Gasteiger partial charge is 0.490 e. The van der Waals surface area contributed by atoms with Gasteiger partial charge in [0, 0.05) is 42.2 Å². The summed E-state index contributed by atoms with van der Waals surface area (Å²) in [6.07, 6.45) is -9.48. The third-order valence-electron chi connectivity index (χ3n) is 6.98. The summed E-state index contributed by atoms with van der Waals surface area (Å²) in [5, 5.41) is 29.6. The van der Waals surface area contributed by atoms with Crippen molar-refractivity contribution in [2.75, 3.05) is 23.3 Å². The van der Waals surface area contributed by atoms with E-state index in [4.69, 9.17) is 46.3 Å². The summed E-state index contributed by atoms with van der Waals surface area (Å²) in [5.74, 6) is -7.59. The van der Waals surface area contributed by atoms with Crippen molar-refractivity contribution in [3.05, 3.63) is 47.6 Å². The van der Waals surface area contributed by atoms with E-state index in [0.29, 0.717) is 28.5 Å². The monoisotopic (exact) mass is 820 g/mol. The highest BCUT2D eigenvalue weighted by Crippen LogP contribution is 2.40. The number of carboxylic acid groups (broad SMARTS) is 3. The van der Waals surface area contributed by atoms with Crippen molar-refractivity contribution in [1.82, 2.24) is 30.2 Å².